The fourth-order valence-corrected chi connectivity index (χ4v) is 3.62. The average Bonchev–Trinajstić information content (AvgIpc) is 3.08. The summed E-state index contributed by atoms with van der Waals surface area (Å²) in [4.78, 5) is 28.0. The second-order valence-electron chi connectivity index (χ2n) is 7.38. The molecule has 1 N–H and O–H groups in total. The van der Waals surface area contributed by atoms with Crippen molar-refractivity contribution in [3.05, 3.63) is 47.6 Å². The first kappa shape index (κ1) is 17.6. The zero-order chi connectivity index (χ0) is 18.8. The molecule has 1 saturated heterocycles. The molecule has 7 heteroatoms. The van der Waals surface area contributed by atoms with Crippen LogP contribution in [-0.4, -0.2) is 43.0 Å². The minimum atomic E-state index is 0.595. The van der Waals surface area contributed by atoms with Gasteiger partial charge in [-0.2, -0.15) is 0 Å². The molecule has 140 valence electrons. The maximum Gasteiger partial charge on any atom is 0.156 e. The Kier molecular flexibility index (Phi) is 4.83. The Morgan fingerprint density at radius 3 is 2.52 bits per heavy atom. The number of rotatable bonds is 4. The van der Waals surface area contributed by atoms with Gasteiger partial charge in [-0.25, -0.2) is 24.9 Å². The number of aromatic amines is 1. The van der Waals surface area contributed by atoms with Gasteiger partial charge in [0, 0.05) is 48.9 Å². The normalized spacial score (nSPS) is 15.3. The molecule has 0 spiro atoms. The van der Waals surface area contributed by atoms with E-state index >= 15 is 0 Å². The molecule has 1 aliphatic rings. The highest BCUT2D eigenvalue weighted by Crippen LogP contribution is 2.25. The maximum atomic E-state index is 4.76. The van der Waals surface area contributed by atoms with Crippen LogP contribution in [-0.2, 0) is 6.42 Å². The molecule has 1 aliphatic heterocycles. The summed E-state index contributed by atoms with van der Waals surface area (Å²) in [7, 11) is 0. The number of imidazole rings is 1. The summed E-state index contributed by atoms with van der Waals surface area (Å²) in [6.07, 6.45) is 6.63. The summed E-state index contributed by atoms with van der Waals surface area (Å²) >= 11 is 0. The maximum absolute atomic E-state index is 4.76. The summed E-state index contributed by atoms with van der Waals surface area (Å²) in [5.74, 6) is 3.35. The van der Waals surface area contributed by atoms with Gasteiger partial charge in [0.05, 0.1) is 0 Å². The van der Waals surface area contributed by atoms with E-state index in [1.165, 1.54) is 0 Å². The molecule has 0 amide bonds. The van der Waals surface area contributed by atoms with Crippen LogP contribution < -0.4 is 4.90 Å². The molecular formula is C20H25N7. The van der Waals surface area contributed by atoms with E-state index in [4.69, 9.17) is 4.98 Å². The van der Waals surface area contributed by atoms with Crippen molar-refractivity contribution in [3.63, 3.8) is 0 Å². The second kappa shape index (κ2) is 7.42. The summed E-state index contributed by atoms with van der Waals surface area (Å²) in [6.45, 7) is 8.04. The van der Waals surface area contributed by atoms with Crippen LogP contribution in [0.3, 0.4) is 0 Å². The van der Waals surface area contributed by atoms with Crippen molar-refractivity contribution in [2.24, 2.45) is 5.92 Å². The first-order valence-electron chi connectivity index (χ1n) is 9.47. The second-order valence-corrected chi connectivity index (χ2v) is 7.38. The third kappa shape index (κ3) is 4.13. The predicted molar refractivity (Wildman–Crippen MR) is 104 cm³/mol. The van der Waals surface area contributed by atoms with Crippen LogP contribution in [0.1, 0.15) is 35.7 Å². The molecule has 0 bridgehead atoms. The fourth-order valence-electron chi connectivity index (χ4n) is 3.62. The third-order valence-electron chi connectivity index (χ3n) is 5.05. The standard InChI is InChI=1S/C20H25N7/c1-13-9-19(23-12-22-13)27-6-4-16(5-7-27)10-18-24-14(2)8-17(26-18)20-21-11-15(3)25-20/h8-9,11-12,16H,4-7,10H2,1-3H3,(H,21,25). The third-order valence-corrected chi connectivity index (χ3v) is 5.05. The molecule has 1 fully saturated rings. The molecule has 3 aromatic rings. The van der Waals surface area contributed by atoms with Gasteiger partial charge in [-0.05, 0) is 45.6 Å². The molecule has 27 heavy (non-hydrogen) atoms. The van der Waals surface area contributed by atoms with Crippen LogP contribution >= 0.6 is 0 Å². The molecule has 0 aromatic carbocycles. The SMILES string of the molecule is Cc1cc(N2CCC(Cc3nc(C)cc(-c4ncc(C)[nH]4)n3)CC2)ncn1. The van der Waals surface area contributed by atoms with Crippen molar-refractivity contribution in [2.45, 2.75) is 40.0 Å². The molecule has 4 heterocycles. The van der Waals surface area contributed by atoms with Crippen molar-refractivity contribution < 1.29 is 0 Å². The number of aromatic nitrogens is 6. The van der Waals surface area contributed by atoms with E-state index in [-0.39, 0.29) is 0 Å². The van der Waals surface area contributed by atoms with E-state index < -0.39 is 0 Å². The summed E-state index contributed by atoms with van der Waals surface area (Å²) in [5, 5.41) is 0. The van der Waals surface area contributed by atoms with Gasteiger partial charge in [-0.1, -0.05) is 0 Å². The number of hydrogen-bond donors (Lipinski definition) is 1. The van der Waals surface area contributed by atoms with E-state index in [1.54, 1.807) is 6.33 Å². The van der Waals surface area contributed by atoms with Crippen molar-refractivity contribution in [1.29, 1.82) is 0 Å². The fraction of sp³-hybridized carbons (Fsp3) is 0.450. The van der Waals surface area contributed by atoms with Gasteiger partial charge < -0.3 is 9.88 Å². The highest BCUT2D eigenvalue weighted by Gasteiger charge is 2.22. The largest absolute Gasteiger partial charge is 0.356 e. The topological polar surface area (TPSA) is 83.5 Å². The summed E-state index contributed by atoms with van der Waals surface area (Å²) in [5.41, 5.74) is 3.91. The molecule has 0 aliphatic carbocycles. The van der Waals surface area contributed by atoms with Gasteiger partial charge in [-0.15, -0.1) is 0 Å². The minimum absolute atomic E-state index is 0.595. The van der Waals surface area contributed by atoms with E-state index in [2.05, 4.69) is 35.9 Å². The molecule has 4 rings (SSSR count). The number of anilines is 1. The van der Waals surface area contributed by atoms with Crippen molar-refractivity contribution in [3.8, 4) is 11.5 Å². The predicted octanol–water partition coefficient (Wildman–Crippen LogP) is 3.04. The molecule has 0 unspecified atom stereocenters. The lowest BCUT2D eigenvalue weighted by molar-refractivity contribution is 0.395. The number of H-pyrrole nitrogens is 1. The van der Waals surface area contributed by atoms with E-state index in [0.29, 0.717) is 5.92 Å². The monoisotopic (exact) mass is 363 g/mol. The van der Waals surface area contributed by atoms with Crippen LogP contribution in [0.2, 0.25) is 0 Å². The molecular weight excluding hydrogens is 338 g/mol. The van der Waals surface area contributed by atoms with Crippen molar-refractivity contribution in [1.82, 2.24) is 29.9 Å². The summed E-state index contributed by atoms with van der Waals surface area (Å²) < 4.78 is 0. The zero-order valence-electron chi connectivity index (χ0n) is 16.1. The lowest BCUT2D eigenvalue weighted by Crippen LogP contribution is -2.35. The van der Waals surface area contributed by atoms with Gasteiger partial charge in [0.2, 0.25) is 0 Å². The Morgan fingerprint density at radius 2 is 1.81 bits per heavy atom. The molecule has 0 radical (unpaired) electrons. The van der Waals surface area contributed by atoms with Crippen molar-refractivity contribution in [2.75, 3.05) is 18.0 Å². The Balaban J connectivity index is 1.42. The Labute approximate surface area is 159 Å². The number of hydrogen-bond acceptors (Lipinski definition) is 6. The zero-order valence-corrected chi connectivity index (χ0v) is 16.1. The molecule has 0 atom stereocenters. The van der Waals surface area contributed by atoms with Gasteiger partial charge in [0.1, 0.15) is 23.7 Å². The lowest BCUT2D eigenvalue weighted by atomic mass is 9.93. The van der Waals surface area contributed by atoms with E-state index in [1.807, 2.05) is 33.0 Å². The number of nitrogens with one attached hydrogen (secondary N) is 1. The van der Waals surface area contributed by atoms with E-state index in [9.17, 15) is 0 Å². The van der Waals surface area contributed by atoms with Crippen LogP contribution in [0.15, 0.2) is 24.7 Å². The van der Waals surface area contributed by atoms with Gasteiger partial charge >= 0.3 is 0 Å². The summed E-state index contributed by atoms with van der Waals surface area (Å²) in [6, 6.07) is 4.05. The van der Waals surface area contributed by atoms with Crippen LogP contribution in [0.25, 0.3) is 11.5 Å². The number of aryl methyl sites for hydroxylation is 3. The Hall–Kier alpha value is -2.83. The Morgan fingerprint density at radius 1 is 1.00 bits per heavy atom. The Bertz CT molecular complexity index is 926. The minimum Gasteiger partial charge on any atom is -0.356 e. The quantitative estimate of drug-likeness (QED) is 0.767. The highest BCUT2D eigenvalue weighted by atomic mass is 15.2. The number of piperidine rings is 1. The molecule has 0 saturated carbocycles. The molecule has 3 aromatic heterocycles. The van der Waals surface area contributed by atoms with Crippen molar-refractivity contribution >= 4 is 5.82 Å². The van der Waals surface area contributed by atoms with Crippen LogP contribution in [0.4, 0.5) is 5.82 Å². The van der Waals surface area contributed by atoms with Gasteiger partial charge in [-0.3, -0.25) is 0 Å². The van der Waals surface area contributed by atoms with E-state index in [0.717, 1.165) is 72.6 Å². The van der Waals surface area contributed by atoms with Gasteiger partial charge in [0.25, 0.3) is 0 Å². The lowest BCUT2D eigenvalue weighted by Gasteiger charge is -2.32. The first-order chi connectivity index (χ1) is 13.1. The molecule has 7 nitrogen and oxygen atoms in total. The smallest absolute Gasteiger partial charge is 0.156 e. The highest BCUT2D eigenvalue weighted by molar-refractivity contribution is 5.49. The average molecular weight is 363 g/mol. The van der Waals surface area contributed by atoms with Crippen LogP contribution in [0.5, 0.6) is 0 Å². The number of nitrogens with zero attached hydrogens (tertiary/aromatic N) is 6. The first-order valence-corrected chi connectivity index (χ1v) is 9.47. The van der Waals surface area contributed by atoms with Gasteiger partial charge in [0.15, 0.2) is 5.82 Å². The van der Waals surface area contributed by atoms with Crippen LogP contribution in [0, 0.1) is 26.7 Å².